The molecule has 1 N–H and O–H groups in total. The summed E-state index contributed by atoms with van der Waals surface area (Å²) in [5.74, 6) is -1.79. The number of ether oxygens (including phenoxy) is 1. The van der Waals surface area contributed by atoms with Crippen LogP contribution in [0.15, 0.2) is 18.2 Å². The van der Waals surface area contributed by atoms with Crippen molar-refractivity contribution in [1.82, 2.24) is 0 Å². The number of carbonyl (C=O) groups is 1. The molecule has 0 saturated carbocycles. The van der Waals surface area contributed by atoms with E-state index in [4.69, 9.17) is 9.84 Å². The van der Waals surface area contributed by atoms with Gasteiger partial charge in [-0.25, -0.2) is 8.78 Å². The minimum absolute atomic E-state index is 0.138. The smallest absolute Gasteiger partial charge is 0.162 e. The molecule has 0 saturated heterocycles. The van der Waals surface area contributed by atoms with Gasteiger partial charge in [0.1, 0.15) is 5.75 Å². The number of hydrogen-bond acceptors (Lipinski definition) is 3. The zero-order valence-corrected chi connectivity index (χ0v) is 8.41. The van der Waals surface area contributed by atoms with E-state index < -0.39 is 17.7 Å². The Morgan fingerprint density at radius 2 is 1.93 bits per heavy atom. The normalized spacial score (nSPS) is 11.0. The van der Waals surface area contributed by atoms with Crippen molar-refractivity contribution >= 4 is 6.29 Å². The first-order valence-electron chi connectivity index (χ1n) is 4.15. The van der Waals surface area contributed by atoms with E-state index in [-0.39, 0.29) is 5.75 Å². The van der Waals surface area contributed by atoms with Gasteiger partial charge in [0.2, 0.25) is 0 Å². The van der Waals surface area contributed by atoms with Gasteiger partial charge in [-0.15, -0.1) is 0 Å². The third kappa shape index (κ3) is 4.51. The Kier molecular flexibility index (Phi) is 6.21. The second-order valence-corrected chi connectivity index (χ2v) is 2.53. The molecule has 0 aromatic heterocycles. The molecule has 1 atom stereocenters. The second kappa shape index (κ2) is 6.89. The van der Waals surface area contributed by atoms with Crippen molar-refractivity contribution in [3.63, 3.8) is 0 Å². The molecule has 0 radical (unpaired) electrons. The molecule has 0 aliphatic rings. The first kappa shape index (κ1) is 13.5. The van der Waals surface area contributed by atoms with Gasteiger partial charge in [-0.1, -0.05) is 0 Å². The highest BCUT2D eigenvalue weighted by atomic mass is 19.2. The van der Waals surface area contributed by atoms with E-state index in [9.17, 15) is 13.6 Å². The van der Waals surface area contributed by atoms with Gasteiger partial charge in [0, 0.05) is 13.2 Å². The summed E-state index contributed by atoms with van der Waals surface area (Å²) >= 11 is 0. The van der Waals surface area contributed by atoms with Gasteiger partial charge in [0.25, 0.3) is 0 Å². The summed E-state index contributed by atoms with van der Waals surface area (Å²) in [7, 11) is 1.00. The maximum Gasteiger partial charge on any atom is 0.162 e. The summed E-state index contributed by atoms with van der Waals surface area (Å²) in [6, 6.07) is 3.11. The van der Waals surface area contributed by atoms with E-state index in [1.54, 1.807) is 0 Å². The molecule has 3 nitrogen and oxygen atoms in total. The highest BCUT2D eigenvalue weighted by molar-refractivity contribution is 5.56. The van der Waals surface area contributed by atoms with E-state index in [0.717, 1.165) is 19.2 Å². The van der Waals surface area contributed by atoms with Crippen molar-refractivity contribution in [3.8, 4) is 5.75 Å². The van der Waals surface area contributed by atoms with Gasteiger partial charge in [0.15, 0.2) is 24.0 Å². The molecule has 1 aromatic rings. The summed E-state index contributed by atoms with van der Waals surface area (Å²) in [4.78, 5) is 10.2. The maximum atomic E-state index is 12.6. The van der Waals surface area contributed by atoms with Crippen molar-refractivity contribution in [2.24, 2.45) is 0 Å². The van der Waals surface area contributed by atoms with E-state index in [2.05, 4.69) is 0 Å². The van der Waals surface area contributed by atoms with Gasteiger partial charge in [-0.05, 0) is 19.1 Å². The molecular weight excluding hydrogens is 206 g/mol. The van der Waals surface area contributed by atoms with E-state index >= 15 is 0 Å². The molecule has 1 unspecified atom stereocenters. The number of rotatable bonds is 3. The summed E-state index contributed by atoms with van der Waals surface area (Å²) < 4.78 is 29.9. The Labute approximate surface area is 86.3 Å². The molecule has 0 aliphatic heterocycles. The fourth-order valence-corrected chi connectivity index (χ4v) is 0.793. The molecule has 0 spiro atoms. The molecular formula is C10H12F2O3. The lowest BCUT2D eigenvalue weighted by Crippen LogP contribution is -2.12. The molecule has 5 heteroatoms. The molecule has 0 fully saturated rings. The van der Waals surface area contributed by atoms with Crippen molar-refractivity contribution in [2.45, 2.75) is 13.0 Å². The third-order valence-electron chi connectivity index (χ3n) is 1.40. The maximum absolute atomic E-state index is 12.6. The minimum Gasteiger partial charge on any atom is -0.483 e. The molecule has 15 heavy (non-hydrogen) atoms. The molecule has 0 amide bonds. The van der Waals surface area contributed by atoms with Crippen molar-refractivity contribution < 1.29 is 23.4 Å². The largest absolute Gasteiger partial charge is 0.483 e. The first-order chi connectivity index (χ1) is 7.13. The number of aliphatic hydroxyl groups is 1. The lowest BCUT2D eigenvalue weighted by molar-refractivity contribution is -0.113. The van der Waals surface area contributed by atoms with Crippen LogP contribution in [0.4, 0.5) is 8.78 Å². The van der Waals surface area contributed by atoms with Gasteiger partial charge in [-0.3, -0.25) is 4.79 Å². The van der Waals surface area contributed by atoms with Crippen LogP contribution in [0.1, 0.15) is 6.92 Å². The zero-order chi connectivity index (χ0) is 11.8. The average Bonchev–Trinajstić information content (AvgIpc) is 2.26. The van der Waals surface area contributed by atoms with Crippen LogP contribution in [0.25, 0.3) is 0 Å². The number of carbonyl (C=O) groups excluding carboxylic acids is 1. The van der Waals surface area contributed by atoms with Gasteiger partial charge in [-0.2, -0.15) is 0 Å². The molecule has 1 aromatic carbocycles. The van der Waals surface area contributed by atoms with Gasteiger partial charge in [0.05, 0.1) is 0 Å². The summed E-state index contributed by atoms with van der Waals surface area (Å²) in [5, 5.41) is 7.00. The van der Waals surface area contributed by atoms with Crippen LogP contribution in [0.3, 0.4) is 0 Å². The predicted molar refractivity (Wildman–Crippen MR) is 50.7 cm³/mol. The average molecular weight is 218 g/mol. The van der Waals surface area contributed by atoms with E-state index in [0.29, 0.717) is 6.29 Å². The number of benzene rings is 1. The van der Waals surface area contributed by atoms with E-state index in [1.807, 2.05) is 0 Å². The fraction of sp³-hybridized carbons (Fsp3) is 0.300. The van der Waals surface area contributed by atoms with Crippen molar-refractivity contribution in [3.05, 3.63) is 29.8 Å². The number of aldehydes is 1. The van der Waals surface area contributed by atoms with Crippen LogP contribution in [-0.2, 0) is 4.79 Å². The minimum atomic E-state index is -0.990. The molecule has 84 valence electrons. The van der Waals surface area contributed by atoms with Crippen LogP contribution in [0.2, 0.25) is 0 Å². The Hall–Kier alpha value is -1.49. The molecule has 0 heterocycles. The standard InChI is InChI=1S/C9H8F2O2.CH4O/c1-6(5-12)13-7-2-3-8(10)9(11)4-7;1-2/h2-6H,1H3;2H,1H3. The van der Waals surface area contributed by atoms with Gasteiger partial charge >= 0.3 is 0 Å². The summed E-state index contributed by atoms with van der Waals surface area (Å²) in [5.41, 5.74) is 0. The second-order valence-electron chi connectivity index (χ2n) is 2.53. The number of aliphatic hydroxyl groups excluding tert-OH is 1. The Balaban J connectivity index is 0.000000921. The Bertz CT molecular complexity index is 316. The molecule has 0 aliphatic carbocycles. The quantitative estimate of drug-likeness (QED) is 0.783. The fourth-order valence-electron chi connectivity index (χ4n) is 0.793. The number of hydrogen-bond donors (Lipinski definition) is 1. The van der Waals surface area contributed by atoms with Crippen molar-refractivity contribution in [2.75, 3.05) is 7.11 Å². The van der Waals surface area contributed by atoms with Crippen LogP contribution < -0.4 is 4.74 Å². The van der Waals surface area contributed by atoms with Crippen molar-refractivity contribution in [1.29, 1.82) is 0 Å². The Morgan fingerprint density at radius 1 is 1.33 bits per heavy atom. The lowest BCUT2D eigenvalue weighted by atomic mass is 10.3. The third-order valence-corrected chi connectivity index (χ3v) is 1.40. The predicted octanol–water partition coefficient (Wildman–Crippen LogP) is 1.54. The van der Waals surface area contributed by atoms with E-state index in [1.165, 1.54) is 13.0 Å². The topological polar surface area (TPSA) is 46.5 Å². The number of halogens is 2. The van der Waals surface area contributed by atoms with Crippen LogP contribution in [0.5, 0.6) is 5.75 Å². The SMILES string of the molecule is CC(C=O)Oc1ccc(F)c(F)c1.CO. The Morgan fingerprint density at radius 3 is 2.40 bits per heavy atom. The highest BCUT2D eigenvalue weighted by Gasteiger charge is 2.05. The van der Waals surface area contributed by atoms with Crippen LogP contribution >= 0.6 is 0 Å². The monoisotopic (exact) mass is 218 g/mol. The molecule has 0 bridgehead atoms. The molecule has 1 rings (SSSR count). The summed E-state index contributed by atoms with van der Waals surface area (Å²) in [6.07, 6.45) is -0.0915. The lowest BCUT2D eigenvalue weighted by Gasteiger charge is -2.07. The van der Waals surface area contributed by atoms with Gasteiger partial charge < -0.3 is 9.84 Å². The van der Waals surface area contributed by atoms with Crippen LogP contribution in [-0.4, -0.2) is 24.6 Å². The first-order valence-corrected chi connectivity index (χ1v) is 4.15. The zero-order valence-electron chi connectivity index (χ0n) is 8.41. The van der Waals surface area contributed by atoms with Crippen LogP contribution in [0, 0.1) is 11.6 Å². The summed E-state index contributed by atoms with van der Waals surface area (Å²) in [6.45, 7) is 1.51. The highest BCUT2D eigenvalue weighted by Crippen LogP contribution is 2.16.